The second-order valence-corrected chi connectivity index (χ2v) is 10.1. The number of esters is 1. The van der Waals surface area contributed by atoms with Crippen molar-refractivity contribution in [1.82, 2.24) is 9.97 Å². The molecule has 4 rings (SSSR count). The summed E-state index contributed by atoms with van der Waals surface area (Å²) in [6.07, 6.45) is 4.61. The van der Waals surface area contributed by atoms with Crippen LogP contribution in [0.4, 0.5) is 17.5 Å². The Morgan fingerprint density at radius 3 is 2.66 bits per heavy atom. The number of carbonyl (C=O) groups excluding carboxylic acids is 1. The second kappa shape index (κ2) is 10.2. The molecule has 1 unspecified atom stereocenters. The van der Waals surface area contributed by atoms with E-state index in [9.17, 15) is 10.1 Å². The van der Waals surface area contributed by atoms with Crippen LogP contribution in [0, 0.1) is 36.5 Å². The van der Waals surface area contributed by atoms with Crippen molar-refractivity contribution >= 4 is 36.0 Å². The van der Waals surface area contributed by atoms with Crippen molar-refractivity contribution in [3.63, 3.8) is 0 Å². The molecule has 2 atom stereocenters. The summed E-state index contributed by atoms with van der Waals surface area (Å²) < 4.78 is 17.0. The summed E-state index contributed by atoms with van der Waals surface area (Å²) in [5.74, 6) is 0.593. The third kappa shape index (κ3) is 5.58. The lowest BCUT2D eigenvalue weighted by molar-refractivity contribution is 0.0339. The van der Waals surface area contributed by atoms with E-state index >= 15 is 0 Å². The zero-order chi connectivity index (χ0) is 25.2. The fraction of sp³-hybridized carbons (Fsp3) is 0.520. The quantitative estimate of drug-likeness (QED) is 0.476. The molecular weight excluding hydrogens is 445 g/mol. The molecular formula is C25H32BN5O4. The zero-order valence-electron chi connectivity index (χ0n) is 21.0. The normalized spacial score (nSPS) is 21.3. The van der Waals surface area contributed by atoms with Gasteiger partial charge in [0.25, 0.3) is 0 Å². The van der Waals surface area contributed by atoms with Gasteiger partial charge in [-0.25, -0.2) is 9.78 Å². The third-order valence-corrected chi connectivity index (χ3v) is 6.51. The number of aryl methyl sites for hydroxylation is 2. The van der Waals surface area contributed by atoms with Gasteiger partial charge in [0, 0.05) is 42.1 Å². The Hall–Kier alpha value is -3.16. The highest BCUT2D eigenvalue weighted by Gasteiger charge is 2.37. The number of benzene rings is 1. The lowest BCUT2D eigenvalue weighted by Crippen LogP contribution is -2.50. The van der Waals surface area contributed by atoms with Gasteiger partial charge in [0.05, 0.1) is 24.7 Å². The molecule has 0 amide bonds. The molecule has 0 bridgehead atoms. The van der Waals surface area contributed by atoms with Gasteiger partial charge in [-0.05, 0) is 56.3 Å². The van der Waals surface area contributed by atoms with Crippen molar-refractivity contribution in [3.8, 4) is 6.07 Å². The van der Waals surface area contributed by atoms with Crippen LogP contribution < -0.4 is 16.1 Å². The minimum Gasteiger partial charge on any atom is -0.465 e. The summed E-state index contributed by atoms with van der Waals surface area (Å²) in [5, 5.41) is 16.0. The van der Waals surface area contributed by atoms with Gasteiger partial charge in [0.2, 0.25) is 5.95 Å². The first kappa shape index (κ1) is 25.0. The van der Waals surface area contributed by atoms with Gasteiger partial charge >= 0.3 is 13.1 Å². The lowest BCUT2D eigenvalue weighted by atomic mass is 9.71. The molecule has 35 heavy (non-hydrogen) atoms. The maximum atomic E-state index is 12.7. The van der Waals surface area contributed by atoms with Crippen molar-refractivity contribution < 1.29 is 18.8 Å². The van der Waals surface area contributed by atoms with Crippen LogP contribution in [0.15, 0.2) is 18.3 Å². The molecule has 1 aromatic heterocycles. The summed E-state index contributed by atoms with van der Waals surface area (Å²) in [6, 6.07) is 6.08. The van der Waals surface area contributed by atoms with Gasteiger partial charge in [0.15, 0.2) is 0 Å². The highest BCUT2D eigenvalue weighted by Crippen LogP contribution is 2.29. The van der Waals surface area contributed by atoms with Crippen molar-refractivity contribution in [2.45, 2.75) is 53.0 Å². The largest absolute Gasteiger partial charge is 0.495 e. The van der Waals surface area contributed by atoms with Gasteiger partial charge in [-0.1, -0.05) is 13.8 Å². The average molecular weight is 477 g/mol. The molecule has 1 aliphatic carbocycles. The monoisotopic (exact) mass is 477 g/mol. The number of nitrogens with one attached hydrogen (secondary N) is 2. The predicted molar refractivity (Wildman–Crippen MR) is 134 cm³/mol. The van der Waals surface area contributed by atoms with Gasteiger partial charge in [-0.3, -0.25) is 0 Å². The number of aromatic nitrogens is 2. The van der Waals surface area contributed by atoms with Crippen LogP contribution in [0.25, 0.3) is 0 Å². The fourth-order valence-electron chi connectivity index (χ4n) is 4.56. The average Bonchev–Trinajstić information content (AvgIpc) is 3.28. The first-order chi connectivity index (χ1) is 16.7. The molecule has 1 aliphatic heterocycles. The Morgan fingerprint density at radius 1 is 1.23 bits per heavy atom. The molecule has 1 aromatic carbocycles. The Kier molecular flexibility index (Phi) is 7.29. The van der Waals surface area contributed by atoms with Crippen LogP contribution in [-0.2, 0) is 14.0 Å². The summed E-state index contributed by atoms with van der Waals surface area (Å²) in [4.78, 5) is 21.7. The third-order valence-electron chi connectivity index (χ3n) is 6.51. The van der Waals surface area contributed by atoms with Crippen molar-refractivity contribution in [3.05, 3.63) is 35.0 Å². The van der Waals surface area contributed by atoms with E-state index in [4.69, 9.17) is 14.0 Å². The van der Waals surface area contributed by atoms with E-state index in [1.807, 2.05) is 19.9 Å². The van der Waals surface area contributed by atoms with Crippen molar-refractivity contribution in [2.75, 3.05) is 31.0 Å². The smallest absolute Gasteiger partial charge is 0.465 e. The first-order valence-corrected chi connectivity index (χ1v) is 11.9. The maximum Gasteiger partial charge on any atom is 0.495 e. The van der Waals surface area contributed by atoms with E-state index in [-0.39, 0.29) is 17.4 Å². The molecule has 0 radical (unpaired) electrons. The topological polar surface area (TPSA) is 118 Å². The summed E-state index contributed by atoms with van der Waals surface area (Å²) in [7, 11) is 0.711. The number of carbonyl (C=O) groups is 1. The Balaban J connectivity index is 1.59. The van der Waals surface area contributed by atoms with Gasteiger partial charge in [-0.15, -0.1) is 0 Å². The highest BCUT2D eigenvalue weighted by atomic mass is 16.6. The fourth-order valence-corrected chi connectivity index (χ4v) is 4.56. The molecule has 2 heterocycles. The Morgan fingerprint density at radius 2 is 1.97 bits per heavy atom. The maximum absolute atomic E-state index is 12.7. The summed E-state index contributed by atoms with van der Waals surface area (Å²) in [6.45, 7) is 9.04. The van der Waals surface area contributed by atoms with Crippen molar-refractivity contribution in [1.29, 1.82) is 5.26 Å². The molecule has 184 valence electrons. The minimum atomic E-state index is -0.642. The van der Waals surface area contributed by atoms with E-state index < -0.39 is 13.1 Å². The number of anilines is 3. The predicted octanol–water partition coefficient (Wildman–Crippen LogP) is 3.50. The van der Waals surface area contributed by atoms with Crippen LogP contribution in [0.2, 0.25) is 0 Å². The number of hydrogen-bond acceptors (Lipinski definition) is 9. The summed E-state index contributed by atoms with van der Waals surface area (Å²) >= 11 is 0. The van der Waals surface area contributed by atoms with Crippen molar-refractivity contribution in [2.24, 2.45) is 11.3 Å². The van der Waals surface area contributed by atoms with Gasteiger partial charge < -0.3 is 24.7 Å². The zero-order valence-corrected chi connectivity index (χ0v) is 21.0. The van der Waals surface area contributed by atoms with E-state index in [2.05, 4.69) is 40.5 Å². The Bertz CT molecular complexity index is 1140. The number of ether oxygens (including phenoxy) is 1. The van der Waals surface area contributed by atoms with E-state index in [0.717, 1.165) is 30.4 Å². The van der Waals surface area contributed by atoms with E-state index in [1.54, 1.807) is 12.3 Å². The van der Waals surface area contributed by atoms with Crippen LogP contribution in [0.3, 0.4) is 0 Å². The number of nitriles is 1. The first-order valence-electron chi connectivity index (χ1n) is 11.9. The molecule has 2 N–H and O–H groups in total. The second-order valence-electron chi connectivity index (χ2n) is 10.1. The van der Waals surface area contributed by atoms with Gasteiger partial charge in [-0.2, -0.15) is 10.2 Å². The molecule has 9 nitrogen and oxygen atoms in total. The molecule has 2 aliphatic rings. The standard InChI is InChI=1S/C25H32BN5O4/c1-15-9-18(10-19(23(32)33-5)21(15)26-34-13-25(3,4)14-35-26)29-24-28-12-16(2)22(31-24)30-20-8-6-7-17(20)11-27/h9-10,12,17,20H,6-8,13-14H2,1-5H3,(H2,28,29,30,31)/t17?,20-/m0/s1. The van der Waals surface area contributed by atoms with E-state index in [1.165, 1.54) is 7.11 Å². The molecule has 2 aromatic rings. The molecule has 1 saturated carbocycles. The number of nitrogens with zero attached hydrogens (tertiary/aromatic N) is 3. The molecule has 0 spiro atoms. The Labute approximate surface area is 206 Å². The van der Waals surface area contributed by atoms with Crippen LogP contribution >= 0.6 is 0 Å². The number of methoxy groups -OCH3 is 1. The number of hydrogen-bond donors (Lipinski definition) is 2. The summed E-state index contributed by atoms with van der Waals surface area (Å²) in [5.41, 5.74) is 3.32. The SMILES string of the molecule is COC(=O)c1cc(Nc2ncc(C)c(N[C@H]3CCCC3C#N)n2)cc(C)c1B1OCC(C)(C)CO1. The van der Waals surface area contributed by atoms with Crippen LogP contribution in [0.1, 0.15) is 54.6 Å². The highest BCUT2D eigenvalue weighted by molar-refractivity contribution is 6.63. The molecule has 1 saturated heterocycles. The molecule has 2 fully saturated rings. The molecule has 10 heteroatoms. The van der Waals surface area contributed by atoms with Gasteiger partial charge in [0.1, 0.15) is 5.82 Å². The lowest BCUT2D eigenvalue weighted by Gasteiger charge is -2.34. The number of rotatable bonds is 6. The van der Waals surface area contributed by atoms with Crippen LogP contribution in [-0.4, -0.2) is 49.4 Å². The van der Waals surface area contributed by atoms with Crippen LogP contribution in [0.5, 0.6) is 0 Å². The minimum absolute atomic E-state index is 0.0200. The van der Waals surface area contributed by atoms with E-state index in [0.29, 0.717) is 41.7 Å².